The number of piperazine rings is 1. The highest BCUT2D eigenvalue weighted by Crippen LogP contribution is 2.04. The first-order chi connectivity index (χ1) is 7.45. The van der Waals surface area contributed by atoms with Gasteiger partial charge in [-0.1, -0.05) is 0 Å². The number of ether oxygens (including phenoxy) is 1. The first-order valence-corrected chi connectivity index (χ1v) is 6.53. The third kappa shape index (κ3) is 3.62. The van der Waals surface area contributed by atoms with E-state index >= 15 is 0 Å². The van der Waals surface area contributed by atoms with Crippen LogP contribution < -0.4 is 4.72 Å². The van der Waals surface area contributed by atoms with E-state index < -0.39 is 16.3 Å². The third-order valence-corrected chi connectivity index (χ3v) is 3.76. The topological polar surface area (TPSA) is 78.9 Å². The second-order valence-electron chi connectivity index (χ2n) is 3.53. The van der Waals surface area contributed by atoms with Crippen LogP contribution in [0.2, 0.25) is 0 Å². The maximum atomic E-state index is 11.7. The average Bonchev–Trinajstić information content (AvgIpc) is 2.17. The fourth-order valence-corrected chi connectivity index (χ4v) is 2.40. The second-order valence-corrected chi connectivity index (χ2v) is 5.20. The fraction of sp³-hybridized carbons (Fsp3) is 0.875. The van der Waals surface area contributed by atoms with Crippen molar-refractivity contribution < 1.29 is 17.9 Å². The van der Waals surface area contributed by atoms with Crippen molar-refractivity contribution in [3.05, 3.63) is 0 Å². The number of nitrogens with one attached hydrogen (secondary N) is 1. The molecule has 1 rings (SSSR count). The number of carbonyl (C=O) groups is 1. The summed E-state index contributed by atoms with van der Waals surface area (Å²) in [5.74, 6) is 0. The lowest BCUT2D eigenvalue weighted by Gasteiger charge is -2.31. The van der Waals surface area contributed by atoms with Gasteiger partial charge in [0.2, 0.25) is 0 Å². The molecule has 0 aliphatic carbocycles. The fourth-order valence-electron chi connectivity index (χ4n) is 1.36. The molecule has 0 aromatic carbocycles. The molecule has 1 fully saturated rings. The van der Waals surface area contributed by atoms with Crippen molar-refractivity contribution in [1.29, 1.82) is 0 Å². The summed E-state index contributed by atoms with van der Waals surface area (Å²) in [6.45, 7) is 3.83. The number of likely N-dealkylation sites (N-methyl/N-ethyl adjacent to an activating group) is 1. The second kappa shape index (κ2) is 5.46. The Morgan fingerprint density at radius 1 is 1.31 bits per heavy atom. The normalized spacial score (nSPS) is 19.4. The SMILES string of the molecule is CCOC(=O)NS(=O)(=O)N1CCN(C)CC1. The van der Waals surface area contributed by atoms with Crippen molar-refractivity contribution in [3.63, 3.8) is 0 Å². The van der Waals surface area contributed by atoms with E-state index in [1.165, 1.54) is 4.31 Å². The third-order valence-electron chi connectivity index (χ3n) is 2.29. The van der Waals surface area contributed by atoms with Crippen LogP contribution in [-0.2, 0) is 14.9 Å². The Morgan fingerprint density at radius 2 is 1.88 bits per heavy atom. The minimum absolute atomic E-state index is 0.143. The van der Waals surface area contributed by atoms with E-state index in [9.17, 15) is 13.2 Å². The highest BCUT2D eigenvalue weighted by Gasteiger charge is 2.27. The van der Waals surface area contributed by atoms with Gasteiger partial charge in [-0.25, -0.2) is 9.52 Å². The highest BCUT2D eigenvalue weighted by molar-refractivity contribution is 7.87. The molecule has 0 unspecified atom stereocenters. The lowest BCUT2D eigenvalue weighted by atomic mass is 10.4. The summed E-state index contributed by atoms with van der Waals surface area (Å²) in [7, 11) is -1.83. The van der Waals surface area contributed by atoms with Gasteiger partial charge in [0, 0.05) is 26.2 Å². The maximum Gasteiger partial charge on any atom is 0.421 e. The largest absolute Gasteiger partial charge is 0.449 e. The molecule has 0 atom stereocenters. The zero-order valence-corrected chi connectivity index (χ0v) is 10.3. The zero-order valence-electron chi connectivity index (χ0n) is 9.47. The van der Waals surface area contributed by atoms with Crippen molar-refractivity contribution in [2.24, 2.45) is 0 Å². The van der Waals surface area contributed by atoms with E-state index in [1.54, 1.807) is 6.92 Å². The summed E-state index contributed by atoms with van der Waals surface area (Å²) < 4.78 is 31.0. The molecule has 1 aliphatic rings. The monoisotopic (exact) mass is 251 g/mol. The van der Waals surface area contributed by atoms with Crippen molar-refractivity contribution in [3.8, 4) is 0 Å². The minimum Gasteiger partial charge on any atom is -0.449 e. The summed E-state index contributed by atoms with van der Waals surface area (Å²) in [4.78, 5) is 13.0. The van der Waals surface area contributed by atoms with Crippen LogP contribution in [0.1, 0.15) is 6.92 Å². The standard InChI is InChI=1S/C8H17N3O4S/c1-3-15-8(12)9-16(13,14)11-6-4-10(2)5-7-11/h3-7H2,1-2H3,(H,9,12). The molecule has 0 bridgehead atoms. The molecule has 0 aromatic heterocycles. The minimum atomic E-state index is -3.75. The van der Waals surface area contributed by atoms with Crippen LogP contribution >= 0.6 is 0 Å². The van der Waals surface area contributed by atoms with Gasteiger partial charge in [-0.15, -0.1) is 0 Å². The van der Waals surface area contributed by atoms with E-state index in [0.29, 0.717) is 26.2 Å². The van der Waals surface area contributed by atoms with Crippen LogP contribution in [0.3, 0.4) is 0 Å². The Hall–Kier alpha value is -0.860. The van der Waals surface area contributed by atoms with E-state index in [1.807, 2.05) is 16.7 Å². The molecule has 8 heteroatoms. The van der Waals surface area contributed by atoms with Crippen molar-refractivity contribution in [1.82, 2.24) is 13.9 Å². The molecule has 0 aromatic rings. The molecular formula is C8H17N3O4S. The Morgan fingerprint density at radius 3 is 2.38 bits per heavy atom. The van der Waals surface area contributed by atoms with Crippen molar-refractivity contribution in [2.75, 3.05) is 39.8 Å². The van der Waals surface area contributed by atoms with Gasteiger partial charge in [-0.3, -0.25) is 0 Å². The van der Waals surface area contributed by atoms with Crippen molar-refractivity contribution in [2.45, 2.75) is 6.92 Å². The average molecular weight is 251 g/mol. The van der Waals surface area contributed by atoms with Gasteiger partial charge in [0.25, 0.3) is 0 Å². The summed E-state index contributed by atoms with van der Waals surface area (Å²) >= 11 is 0. The van der Waals surface area contributed by atoms with Gasteiger partial charge in [-0.2, -0.15) is 12.7 Å². The van der Waals surface area contributed by atoms with Gasteiger partial charge in [0.1, 0.15) is 0 Å². The molecule has 7 nitrogen and oxygen atoms in total. The molecule has 1 amide bonds. The van der Waals surface area contributed by atoms with Gasteiger partial charge in [0.05, 0.1) is 6.61 Å². The molecule has 0 spiro atoms. The van der Waals surface area contributed by atoms with E-state index in [2.05, 4.69) is 4.74 Å². The van der Waals surface area contributed by atoms with Gasteiger partial charge < -0.3 is 9.64 Å². The van der Waals surface area contributed by atoms with Crippen molar-refractivity contribution >= 4 is 16.3 Å². The van der Waals surface area contributed by atoms with Crippen LogP contribution in [0.4, 0.5) is 4.79 Å². The number of hydrogen-bond donors (Lipinski definition) is 1. The molecule has 1 saturated heterocycles. The first-order valence-electron chi connectivity index (χ1n) is 5.09. The zero-order chi connectivity index (χ0) is 12.2. The van der Waals surface area contributed by atoms with Crippen LogP contribution in [0.25, 0.3) is 0 Å². The van der Waals surface area contributed by atoms with Crippen LogP contribution in [-0.4, -0.2) is 63.5 Å². The van der Waals surface area contributed by atoms with Crippen LogP contribution in [0.5, 0.6) is 0 Å². The Labute approximate surface area is 95.5 Å². The molecule has 94 valence electrons. The predicted molar refractivity (Wildman–Crippen MR) is 58.1 cm³/mol. The summed E-state index contributed by atoms with van der Waals surface area (Å²) in [5, 5.41) is 0. The number of rotatable bonds is 3. The summed E-state index contributed by atoms with van der Waals surface area (Å²) in [5.41, 5.74) is 0. The highest BCUT2D eigenvalue weighted by atomic mass is 32.2. The van der Waals surface area contributed by atoms with Crippen LogP contribution in [0.15, 0.2) is 0 Å². The molecule has 0 radical (unpaired) electrons. The van der Waals surface area contributed by atoms with E-state index in [0.717, 1.165) is 0 Å². The van der Waals surface area contributed by atoms with Crippen LogP contribution in [0, 0.1) is 0 Å². The lowest BCUT2D eigenvalue weighted by Crippen LogP contribution is -2.52. The molecule has 1 aliphatic heterocycles. The van der Waals surface area contributed by atoms with E-state index in [4.69, 9.17) is 0 Å². The van der Waals surface area contributed by atoms with Gasteiger partial charge in [-0.05, 0) is 14.0 Å². The lowest BCUT2D eigenvalue weighted by molar-refractivity contribution is 0.157. The summed E-state index contributed by atoms with van der Waals surface area (Å²) in [6.07, 6.45) is -0.929. The smallest absolute Gasteiger partial charge is 0.421 e. The Bertz CT molecular complexity index is 335. The predicted octanol–water partition coefficient (Wildman–Crippen LogP) is -0.775. The summed E-state index contributed by atoms with van der Waals surface area (Å²) in [6, 6.07) is 0. The quantitative estimate of drug-likeness (QED) is 0.712. The number of hydrogen-bond acceptors (Lipinski definition) is 5. The van der Waals surface area contributed by atoms with Gasteiger partial charge in [0.15, 0.2) is 0 Å². The maximum absolute atomic E-state index is 11.7. The Kier molecular flexibility index (Phi) is 4.51. The molecule has 1 heterocycles. The number of carbonyl (C=O) groups excluding carboxylic acids is 1. The van der Waals surface area contributed by atoms with Gasteiger partial charge >= 0.3 is 16.3 Å². The Balaban J connectivity index is 2.54. The number of nitrogens with zero attached hydrogens (tertiary/aromatic N) is 2. The van der Waals surface area contributed by atoms with E-state index in [-0.39, 0.29) is 6.61 Å². The molecular weight excluding hydrogens is 234 g/mol. The molecule has 16 heavy (non-hydrogen) atoms. The molecule has 1 N–H and O–H groups in total. The first kappa shape index (κ1) is 13.2. The molecule has 0 saturated carbocycles. The number of amides is 1.